The maximum atomic E-state index is 5.44. The molecule has 214 valence electrons. The minimum Gasteiger partial charge on any atom is -0.340 e. The summed E-state index contributed by atoms with van der Waals surface area (Å²) >= 11 is 0. The van der Waals surface area contributed by atoms with E-state index in [9.17, 15) is 0 Å². The molecule has 2 aliphatic carbocycles. The topological polar surface area (TPSA) is 46.3 Å². The number of rotatable bonds is 3. The standard InChI is InChI=1S/C39H33N5/c1-4-14-26(15-5-1)37-40-38(27-16-6-2-7-17-27)42-39(41-37)44-34-23-13-11-21-30(34)32-25-24-31-29-20-10-12-22-33(29)43(35(31)36(32)44)28-18-8-3-9-19-28/h1,3-6,8-14,16-26,37-38,40H,2,7,15H2,(H,41,42). The van der Waals surface area contributed by atoms with Crippen LogP contribution < -0.4 is 10.6 Å². The fourth-order valence-corrected chi connectivity index (χ4v) is 7.32. The van der Waals surface area contributed by atoms with Crippen molar-refractivity contribution in [3.63, 3.8) is 0 Å². The fraction of sp³-hybridized carbons (Fsp3) is 0.154. The Morgan fingerprint density at radius 1 is 0.659 bits per heavy atom. The van der Waals surface area contributed by atoms with E-state index in [0.717, 1.165) is 36.4 Å². The maximum Gasteiger partial charge on any atom is 0.206 e. The Bertz CT molecular complexity index is 2220. The predicted octanol–water partition coefficient (Wildman–Crippen LogP) is 8.35. The van der Waals surface area contributed by atoms with E-state index >= 15 is 0 Å². The van der Waals surface area contributed by atoms with Crippen molar-refractivity contribution in [2.24, 2.45) is 10.9 Å². The molecule has 3 aliphatic rings. The number of aliphatic imine (C=N–C) groups is 1. The van der Waals surface area contributed by atoms with Crippen LogP contribution in [0, 0.1) is 5.92 Å². The molecule has 0 spiro atoms. The van der Waals surface area contributed by atoms with Crippen LogP contribution in [-0.4, -0.2) is 27.4 Å². The van der Waals surface area contributed by atoms with Gasteiger partial charge in [0.25, 0.3) is 0 Å². The zero-order valence-electron chi connectivity index (χ0n) is 24.4. The molecule has 0 fully saturated rings. The van der Waals surface area contributed by atoms with Gasteiger partial charge >= 0.3 is 0 Å². The number of benzene rings is 4. The number of hydrogen-bond donors (Lipinski definition) is 2. The Morgan fingerprint density at radius 3 is 2.07 bits per heavy atom. The van der Waals surface area contributed by atoms with Crippen LogP contribution in [-0.2, 0) is 0 Å². The summed E-state index contributed by atoms with van der Waals surface area (Å²) in [6.45, 7) is 0. The van der Waals surface area contributed by atoms with Crippen LogP contribution in [0.2, 0.25) is 0 Å². The van der Waals surface area contributed by atoms with Gasteiger partial charge in [-0.3, -0.25) is 9.88 Å². The molecule has 44 heavy (non-hydrogen) atoms. The van der Waals surface area contributed by atoms with Crippen molar-refractivity contribution in [1.29, 1.82) is 0 Å². The first kappa shape index (κ1) is 25.4. The highest BCUT2D eigenvalue weighted by atomic mass is 15.4. The van der Waals surface area contributed by atoms with E-state index < -0.39 is 0 Å². The molecule has 0 saturated carbocycles. The first-order chi connectivity index (χ1) is 21.8. The average Bonchev–Trinajstić information content (AvgIpc) is 3.62. The number of nitrogens with one attached hydrogen (secondary N) is 2. The van der Waals surface area contributed by atoms with Crippen molar-refractivity contribution >= 4 is 49.6 Å². The maximum absolute atomic E-state index is 5.44. The first-order valence-corrected chi connectivity index (χ1v) is 15.7. The van der Waals surface area contributed by atoms with Crippen molar-refractivity contribution in [1.82, 2.24) is 19.8 Å². The molecule has 0 bridgehead atoms. The molecule has 2 N–H and O–H groups in total. The SMILES string of the molecule is C1=CCC(C2NC(n3c4ccccc4c4ccc5c6ccccc6n(-c6ccccc6)c5c43)=NC(C3=CCCC=C3)N2)C=C1. The summed E-state index contributed by atoms with van der Waals surface area (Å²) in [4.78, 5) is 5.44. The van der Waals surface area contributed by atoms with Crippen molar-refractivity contribution in [3.05, 3.63) is 139 Å². The van der Waals surface area contributed by atoms with Crippen molar-refractivity contribution in [2.75, 3.05) is 0 Å². The molecule has 0 radical (unpaired) electrons. The Morgan fingerprint density at radius 2 is 1.36 bits per heavy atom. The minimum absolute atomic E-state index is 0.0281. The number of allylic oxidation sites excluding steroid dienone is 5. The van der Waals surface area contributed by atoms with Crippen LogP contribution >= 0.6 is 0 Å². The number of nitrogens with zero attached hydrogens (tertiary/aromatic N) is 3. The Hall–Kier alpha value is -5.13. The van der Waals surface area contributed by atoms with Gasteiger partial charge in [-0.05, 0) is 49.1 Å². The van der Waals surface area contributed by atoms with Gasteiger partial charge in [-0.25, -0.2) is 4.99 Å². The first-order valence-electron chi connectivity index (χ1n) is 15.7. The van der Waals surface area contributed by atoms with Gasteiger partial charge in [-0.15, -0.1) is 0 Å². The predicted molar refractivity (Wildman–Crippen MR) is 183 cm³/mol. The molecule has 0 saturated heterocycles. The second kappa shape index (κ2) is 10.2. The van der Waals surface area contributed by atoms with Crippen LogP contribution in [0.25, 0.3) is 49.3 Å². The monoisotopic (exact) mass is 571 g/mol. The molecular weight excluding hydrogens is 538 g/mol. The summed E-state index contributed by atoms with van der Waals surface area (Å²) in [7, 11) is 0. The molecule has 9 rings (SSSR count). The van der Waals surface area contributed by atoms with Gasteiger partial charge in [-0.1, -0.05) is 109 Å². The molecular formula is C39H33N5. The second-order valence-electron chi connectivity index (χ2n) is 11.9. The van der Waals surface area contributed by atoms with Gasteiger partial charge < -0.3 is 9.88 Å². The van der Waals surface area contributed by atoms with Gasteiger partial charge in [0.05, 0.1) is 28.2 Å². The average molecular weight is 572 g/mol. The Kier molecular flexibility index (Phi) is 5.91. The zero-order valence-corrected chi connectivity index (χ0v) is 24.4. The molecule has 3 heterocycles. The van der Waals surface area contributed by atoms with Crippen LogP contribution in [0.5, 0.6) is 0 Å². The Labute approximate surface area is 256 Å². The lowest BCUT2D eigenvalue weighted by molar-refractivity contribution is 0.340. The quantitative estimate of drug-likeness (QED) is 0.224. The number of para-hydroxylation sites is 3. The highest BCUT2D eigenvalue weighted by Crippen LogP contribution is 2.40. The van der Waals surface area contributed by atoms with E-state index in [1.54, 1.807) is 0 Å². The van der Waals surface area contributed by atoms with Crippen LogP contribution in [0.3, 0.4) is 0 Å². The summed E-state index contributed by atoms with van der Waals surface area (Å²) in [5.74, 6) is 1.19. The number of aromatic nitrogens is 2. The molecule has 5 heteroatoms. The third kappa shape index (κ3) is 3.93. The van der Waals surface area contributed by atoms with Crippen molar-refractivity contribution < 1.29 is 0 Å². The van der Waals surface area contributed by atoms with E-state index in [0.29, 0.717) is 5.92 Å². The van der Waals surface area contributed by atoms with Crippen LogP contribution in [0.1, 0.15) is 19.3 Å². The molecule has 3 unspecified atom stereocenters. The van der Waals surface area contributed by atoms with E-state index in [1.807, 2.05) is 0 Å². The summed E-state index contributed by atoms with van der Waals surface area (Å²) in [6, 6.07) is 32.8. The molecule has 2 aromatic heterocycles. The zero-order chi connectivity index (χ0) is 29.0. The molecule has 5 nitrogen and oxygen atoms in total. The molecule has 1 aliphatic heterocycles. The molecule has 3 atom stereocenters. The van der Waals surface area contributed by atoms with Crippen LogP contribution in [0.4, 0.5) is 0 Å². The third-order valence-electron chi connectivity index (χ3n) is 9.35. The highest BCUT2D eigenvalue weighted by molar-refractivity contribution is 6.25. The van der Waals surface area contributed by atoms with Gasteiger partial charge in [0, 0.05) is 33.2 Å². The Balaban J connectivity index is 1.37. The lowest BCUT2D eigenvalue weighted by atomic mass is 9.96. The normalized spacial score (nSPS) is 21.7. The summed E-state index contributed by atoms with van der Waals surface area (Å²) in [6.07, 6.45) is 18.8. The van der Waals surface area contributed by atoms with Gasteiger partial charge in [0.2, 0.25) is 5.96 Å². The fourth-order valence-electron chi connectivity index (χ4n) is 7.32. The van der Waals surface area contributed by atoms with E-state index in [-0.39, 0.29) is 12.3 Å². The van der Waals surface area contributed by atoms with Gasteiger partial charge in [0.15, 0.2) is 0 Å². The van der Waals surface area contributed by atoms with Crippen molar-refractivity contribution in [2.45, 2.75) is 31.6 Å². The largest absolute Gasteiger partial charge is 0.340 e. The summed E-state index contributed by atoms with van der Waals surface area (Å²) in [5, 5.41) is 12.7. The smallest absolute Gasteiger partial charge is 0.206 e. The number of hydrogen-bond acceptors (Lipinski definition) is 3. The van der Waals surface area contributed by atoms with Crippen LogP contribution in [0.15, 0.2) is 144 Å². The third-order valence-corrected chi connectivity index (χ3v) is 9.35. The summed E-state index contributed by atoms with van der Waals surface area (Å²) < 4.78 is 4.82. The second-order valence-corrected chi connectivity index (χ2v) is 11.9. The van der Waals surface area contributed by atoms with E-state index in [4.69, 9.17) is 4.99 Å². The van der Waals surface area contributed by atoms with Crippen molar-refractivity contribution in [3.8, 4) is 5.69 Å². The van der Waals surface area contributed by atoms with Gasteiger partial charge in [-0.2, -0.15) is 0 Å². The molecule has 4 aromatic carbocycles. The summed E-state index contributed by atoms with van der Waals surface area (Å²) in [5.41, 5.74) is 7.10. The molecule has 6 aromatic rings. The lowest BCUT2D eigenvalue weighted by Gasteiger charge is -2.36. The number of fused-ring (bicyclic) bond motifs is 7. The van der Waals surface area contributed by atoms with E-state index in [2.05, 4.69) is 153 Å². The van der Waals surface area contributed by atoms with Gasteiger partial charge in [0.1, 0.15) is 6.17 Å². The highest BCUT2D eigenvalue weighted by Gasteiger charge is 2.32. The lowest BCUT2D eigenvalue weighted by Crippen LogP contribution is -2.59. The van der Waals surface area contributed by atoms with E-state index in [1.165, 1.54) is 43.7 Å². The minimum atomic E-state index is -0.137. The molecule has 0 amide bonds.